The monoisotopic (exact) mass is 275 g/mol. The van der Waals surface area contributed by atoms with Crippen LogP contribution in [0.5, 0.6) is 0 Å². The van der Waals surface area contributed by atoms with E-state index in [1.54, 1.807) is 0 Å². The molecule has 2 heterocycles. The van der Waals surface area contributed by atoms with Crippen LogP contribution in [0.1, 0.15) is 20.8 Å². The number of piperazine rings is 1. The number of carbonyl (C=O) groups excluding carboxylic acids is 1. The molecule has 0 aromatic carbocycles. The van der Waals surface area contributed by atoms with Crippen LogP contribution < -0.4 is 0 Å². The Hall–Kier alpha value is -0.620. The van der Waals surface area contributed by atoms with E-state index in [0.717, 1.165) is 19.6 Å². The quantitative estimate of drug-likeness (QED) is 0.627. The molecule has 5 nitrogen and oxygen atoms in total. The van der Waals surface area contributed by atoms with Crippen molar-refractivity contribution in [3.05, 3.63) is 0 Å². The SMILES string of the molecule is CCN1CC[N+]2(CCS(=O)(=O)CC2)C(C)(C)C1=O. The Morgan fingerprint density at radius 2 is 1.78 bits per heavy atom. The number of hydrogen-bond donors (Lipinski definition) is 0. The van der Waals surface area contributed by atoms with Crippen LogP contribution in [0.25, 0.3) is 0 Å². The summed E-state index contributed by atoms with van der Waals surface area (Å²) in [7, 11) is -2.89. The smallest absolute Gasteiger partial charge is 0.283 e. The molecule has 18 heavy (non-hydrogen) atoms. The summed E-state index contributed by atoms with van der Waals surface area (Å²) >= 11 is 0. The molecule has 0 radical (unpaired) electrons. The molecule has 2 saturated heterocycles. The highest BCUT2D eigenvalue weighted by atomic mass is 32.2. The molecular weight excluding hydrogens is 252 g/mol. The summed E-state index contributed by atoms with van der Waals surface area (Å²) in [5, 5.41) is 0. The van der Waals surface area contributed by atoms with Gasteiger partial charge in [-0.1, -0.05) is 0 Å². The predicted molar refractivity (Wildman–Crippen MR) is 69.8 cm³/mol. The number of quaternary nitrogens is 1. The van der Waals surface area contributed by atoms with Gasteiger partial charge in [-0.3, -0.25) is 4.79 Å². The number of hydrogen-bond acceptors (Lipinski definition) is 3. The molecule has 0 aromatic heterocycles. The molecule has 2 rings (SSSR count). The fourth-order valence-corrected chi connectivity index (χ4v) is 4.67. The maximum atomic E-state index is 12.5. The molecule has 0 aliphatic carbocycles. The summed E-state index contributed by atoms with van der Waals surface area (Å²) in [4.78, 5) is 14.4. The third-order valence-corrected chi connectivity index (χ3v) is 6.45. The average molecular weight is 275 g/mol. The van der Waals surface area contributed by atoms with Crippen LogP contribution in [0.15, 0.2) is 0 Å². The van der Waals surface area contributed by atoms with E-state index in [0.29, 0.717) is 17.6 Å². The van der Waals surface area contributed by atoms with E-state index in [1.165, 1.54) is 0 Å². The van der Waals surface area contributed by atoms with Crippen LogP contribution in [-0.4, -0.2) is 73.5 Å². The van der Waals surface area contributed by atoms with Gasteiger partial charge >= 0.3 is 0 Å². The molecular formula is C12H23N2O3S+. The van der Waals surface area contributed by atoms with Crippen molar-refractivity contribution in [1.29, 1.82) is 0 Å². The second kappa shape index (κ2) is 4.20. The van der Waals surface area contributed by atoms with Crippen molar-refractivity contribution in [1.82, 2.24) is 4.90 Å². The number of carbonyl (C=O) groups is 1. The first kappa shape index (κ1) is 13.8. The molecule has 1 spiro atoms. The summed E-state index contributed by atoms with van der Waals surface area (Å²) < 4.78 is 23.8. The number of sulfone groups is 1. The lowest BCUT2D eigenvalue weighted by Gasteiger charge is -2.55. The Kier molecular flexibility index (Phi) is 3.22. The molecule has 0 aromatic rings. The van der Waals surface area contributed by atoms with Gasteiger partial charge in [-0.15, -0.1) is 0 Å². The number of amides is 1. The molecule has 0 atom stereocenters. The average Bonchev–Trinajstić information content (AvgIpc) is 2.30. The topological polar surface area (TPSA) is 54.5 Å². The molecule has 0 N–H and O–H groups in total. The highest BCUT2D eigenvalue weighted by Crippen LogP contribution is 2.33. The molecule has 0 bridgehead atoms. The molecule has 2 aliphatic rings. The molecule has 0 saturated carbocycles. The Morgan fingerprint density at radius 1 is 1.22 bits per heavy atom. The van der Waals surface area contributed by atoms with Crippen molar-refractivity contribution in [2.24, 2.45) is 0 Å². The minimum Gasteiger partial charge on any atom is -0.332 e. The van der Waals surface area contributed by atoms with E-state index in [-0.39, 0.29) is 17.4 Å². The maximum absolute atomic E-state index is 12.5. The second-order valence-corrected chi connectivity index (χ2v) is 8.22. The van der Waals surface area contributed by atoms with Gasteiger partial charge < -0.3 is 9.38 Å². The van der Waals surface area contributed by atoms with E-state index < -0.39 is 15.4 Å². The minimum atomic E-state index is -2.89. The third kappa shape index (κ3) is 1.95. The summed E-state index contributed by atoms with van der Waals surface area (Å²) in [5.74, 6) is 0.599. The van der Waals surface area contributed by atoms with E-state index in [4.69, 9.17) is 0 Å². The minimum absolute atomic E-state index is 0.163. The molecule has 0 unspecified atom stereocenters. The van der Waals surface area contributed by atoms with Gasteiger partial charge in [-0.25, -0.2) is 8.42 Å². The summed E-state index contributed by atoms with van der Waals surface area (Å²) in [6.45, 7) is 9.45. The molecule has 2 fully saturated rings. The Morgan fingerprint density at radius 3 is 2.28 bits per heavy atom. The van der Waals surface area contributed by atoms with Crippen LogP contribution >= 0.6 is 0 Å². The Labute approximate surface area is 109 Å². The van der Waals surface area contributed by atoms with Crippen LogP contribution in [0, 0.1) is 0 Å². The summed E-state index contributed by atoms with van der Waals surface area (Å²) in [5.41, 5.74) is -0.496. The molecule has 1 amide bonds. The van der Waals surface area contributed by atoms with Crippen LogP contribution in [0.4, 0.5) is 0 Å². The fourth-order valence-electron chi connectivity index (χ4n) is 3.21. The van der Waals surface area contributed by atoms with Crippen molar-refractivity contribution < 1.29 is 17.7 Å². The normalized spacial score (nSPS) is 29.5. The zero-order valence-corrected chi connectivity index (χ0v) is 12.3. The lowest BCUT2D eigenvalue weighted by atomic mass is 9.93. The Balaban J connectivity index is 2.27. The van der Waals surface area contributed by atoms with Gasteiger partial charge in [0, 0.05) is 6.54 Å². The fraction of sp³-hybridized carbons (Fsp3) is 0.917. The van der Waals surface area contributed by atoms with Crippen LogP contribution in [0.2, 0.25) is 0 Å². The van der Waals surface area contributed by atoms with E-state index >= 15 is 0 Å². The second-order valence-electron chi connectivity index (χ2n) is 5.91. The standard InChI is InChI=1S/C12H23N2O3S/c1-4-13-5-6-14(12(2,3)11(13)15)7-9-18(16,17)10-8-14/h4-10H2,1-3H3/q+1. The zero-order chi connectivity index (χ0) is 13.6. The van der Waals surface area contributed by atoms with E-state index in [1.807, 2.05) is 25.7 Å². The highest BCUT2D eigenvalue weighted by Gasteiger charge is 2.55. The highest BCUT2D eigenvalue weighted by molar-refractivity contribution is 7.91. The third-order valence-electron chi connectivity index (χ3n) is 4.84. The first-order chi connectivity index (χ1) is 8.24. The number of rotatable bonds is 1. The van der Waals surface area contributed by atoms with Crippen molar-refractivity contribution in [3.63, 3.8) is 0 Å². The number of likely N-dealkylation sites (N-methyl/N-ethyl adjacent to an activating group) is 1. The van der Waals surface area contributed by atoms with Crippen molar-refractivity contribution >= 4 is 15.7 Å². The van der Waals surface area contributed by atoms with Crippen LogP contribution in [0.3, 0.4) is 0 Å². The lowest BCUT2D eigenvalue weighted by molar-refractivity contribution is -0.963. The molecule has 6 heteroatoms. The van der Waals surface area contributed by atoms with Gasteiger partial charge in [-0.2, -0.15) is 0 Å². The summed E-state index contributed by atoms with van der Waals surface area (Å²) in [6.07, 6.45) is 0. The largest absolute Gasteiger partial charge is 0.332 e. The van der Waals surface area contributed by atoms with Gasteiger partial charge in [-0.05, 0) is 20.8 Å². The predicted octanol–water partition coefficient (Wildman–Crippen LogP) is -0.128. The first-order valence-corrected chi connectivity index (χ1v) is 8.42. The maximum Gasteiger partial charge on any atom is 0.283 e. The Bertz CT molecular complexity index is 442. The van der Waals surface area contributed by atoms with Crippen molar-refractivity contribution in [3.8, 4) is 0 Å². The van der Waals surface area contributed by atoms with Crippen LogP contribution in [-0.2, 0) is 14.6 Å². The summed E-state index contributed by atoms with van der Waals surface area (Å²) in [6, 6.07) is 0. The van der Waals surface area contributed by atoms with Crippen molar-refractivity contribution in [2.75, 3.05) is 44.2 Å². The first-order valence-electron chi connectivity index (χ1n) is 6.60. The molecule has 2 aliphatic heterocycles. The van der Waals surface area contributed by atoms with E-state index in [9.17, 15) is 13.2 Å². The van der Waals surface area contributed by atoms with Gasteiger partial charge in [0.2, 0.25) is 0 Å². The van der Waals surface area contributed by atoms with Gasteiger partial charge in [0.1, 0.15) is 0 Å². The zero-order valence-electron chi connectivity index (χ0n) is 11.5. The van der Waals surface area contributed by atoms with Gasteiger partial charge in [0.15, 0.2) is 15.4 Å². The van der Waals surface area contributed by atoms with Crippen molar-refractivity contribution in [2.45, 2.75) is 26.3 Å². The van der Waals surface area contributed by atoms with Gasteiger partial charge in [0.25, 0.3) is 5.91 Å². The van der Waals surface area contributed by atoms with E-state index in [2.05, 4.69) is 0 Å². The lowest BCUT2D eigenvalue weighted by Crippen LogP contribution is -2.76. The number of nitrogens with zero attached hydrogens (tertiary/aromatic N) is 2. The van der Waals surface area contributed by atoms with Gasteiger partial charge in [0.05, 0.1) is 37.7 Å². The molecule has 104 valence electrons.